The number of hydrogen-bond donors (Lipinski definition) is 2. The molecule has 0 saturated heterocycles. The second-order valence-electron chi connectivity index (χ2n) is 14.2. The largest absolute Gasteiger partial charge is 0.481 e. The maximum absolute atomic E-state index is 13.7. The number of oxazole rings is 1. The number of likely N-dealkylation sites (N-methyl/N-ethyl adjacent to an activating group) is 1. The molecule has 2 N–H and O–H groups in total. The third kappa shape index (κ3) is 7.21. The van der Waals surface area contributed by atoms with Crippen molar-refractivity contribution in [1.82, 2.24) is 29.2 Å². The highest BCUT2D eigenvalue weighted by molar-refractivity contribution is 6.39. The average molecular weight is 749 g/mol. The van der Waals surface area contributed by atoms with Gasteiger partial charge in [0.15, 0.2) is 5.82 Å². The molecule has 4 heterocycles. The Balaban J connectivity index is 1.03. The van der Waals surface area contributed by atoms with E-state index in [-0.39, 0.29) is 17.7 Å². The van der Waals surface area contributed by atoms with Crippen LogP contribution < -0.4 is 5.32 Å². The zero-order valence-electron chi connectivity index (χ0n) is 29.6. The Labute approximate surface area is 312 Å². The van der Waals surface area contributed by atoms with Crippen LogP contribution in [0.3, 0.4) is 0 Å². The first-order valence-electron chi connectivity index (χ1n) is 17.8. The molecule has 1 saturated carbocycles. The SMILES string of the molecule is CCN(C)CC(=O)N1Cc2nc(-c3cccc(-c4cccc(NC(=O)c5nc6c(n5C)CCN(C[C@H]5CC[C@H](C(=O)O)CC5)C6)c4Cl)c3Cl)oc2C1. The summed E-state index contributed by atoms with van der Waals surface area (Å²) in [5.74, 6) is 0.567. The molecule has 2 aromatic heterocycles. The number of halogens is 2. The second kappa shape index (κ2) is 15.0. The van der Waals surface area contributed by atoms with E-state index in [2.05, 4.69) is 10.2 Å². The number of carboxylic acids is 1. The van der Waals surface area contributed by atoms with Gasteiger partial charge < -0.3 is 24.3 Å². The van der Waals surface area contributed by atoms with Crippen molar-refractivity contribution in [2.24, 2.45) is 18.9 Å². The fraction of sp³-hybridized carbons (Fsp3) is 0.447. The van der Waals surface area contributed by atoms with Gasteiger partial charge in [0.25, 0.3) is 5.91 Å². The zero-order valence-corrected chi connectivity index (χ0v) is 31.1. The number of nitrogens with zero attached hydrogens (tertiary/aromatic N) is 6. The van der Waals surface area contributed by atoms with E-state index >= 15 is 0 Å². The molecule has 0 spiro atoms. The predicted molar refractivity (Wildman–Crippen MR) is 198 cm³/mol. The van der Waals surface area contributed by atoms with Gasteiger partial charge >= 0.3 is 5.97 Å². The fourth-order valence-corrected chi connectivity index (χ4v) is 8.18. The van der Waals surface area contributed by atoms with E-state index in [0.717, 1.165) is 68.8 Å². The quantitative estimate of drug-likeness (QED) is 0.190. The van der Waals surface area contributed by atoms with Crippen LogP contribution in [0.25, 0.3) is 22.6 Å². The summed E-state index contributed by atoms with van der Waals surface area (Å²) in [4.78, 5) is 53.2. The molecule has 0 atom stereocenters. The molecule has 2 amide bonds. The highest BCUT2D eigenvalue weighted by Crippen LogP contribution is 2.42. The van der Waals surface area contributed by atoms with Crippen LogP contribution in [0.1, 0.15) is 66.1 Å². The van der Waals surface area contributed by atoms with Gasteiger partial charge in [0.2, 0.25) is 11.8 Å². The molecule has 2 aromatic carbocycles. The monoisotopic (exact) mass is 747 g/mol. The standard InChI is InChI=1S/C38H43Cl2N7O5/c1-4-44(2)21-32(48)47-19-29-31(20-47)52-37(43-29)26-9-5-7-24(33(26)39)25-8-6-10-27(34(25)40)42-36(49)35-41-28-18-46(16-15-30(28)45(35)3)17-22-11-13-23(14-12-22)38(50)51/h5-10,22-23H,4,11-21H2,1-3H3,(H,42,49)(H,50,51)/t22-,23-. The highest BCUT2D eigenvalue weighted by Gasteiger charge is 2.32. The van der Waals surface area contributed by atoms with Crippen LogP contribution in [0.4, 0.5) is 5.69 Å². The number of amides is 2. The van der Waals surface area contributed by atoms with Crippen LogP contribution in [0.5, 0.6) is 0 Å². The molecule has 4 aromatic rings. The molecule has 12 nitrogen and oxygen atoms in total. The van der Waals surface area contributed by atoms with E-state index < -0.39 is 5.97 Å². The summed E-state index contributed by atoms with van der Waals surface area (Å²) in [6.07, 6.45) is 4.09. The number of aromatic nitrogens is 3. The Morgan fingerprint density at radius 1 is 0.962 bits per heavy atom. The van der Waals surface area contributed by atoms with Crippen LogP contribution in [-0.4, -0.2) is 85.4 Å². The molecular formula is C38H43Cl2N7O5. The third-order valence-electron chi connectivity index (χ3n) is 10.8. The molecule has 274 valence electrons. The number of nitrogens with one attached hydrogen (secondary N) is 1. The number of carbonyl (C=O) groups is 3. The van der Waals surface area contributed by atoms with Crippen LogP contribution in [-0.2, 0) is 42.7 Å². The summed E-state index contributed by atoms with van der Waals surface area (Å²) in [6, 6.07) is 10.9. The zero-order chi connectivity index (χ0) is 36.7. The van der Waals surface area contributed by atoms with Crippen molar-refractivity contribution in [3.63, 3.8) is 0 Å². The Morgan fingerprint density at radius 3 is 2.38 bits per heavy atom. The van der Waals surface area contributed by atoms with Crippen molar-refractivity contribution in [1.29, 1.82) is 0 Å². The number of hydrogen-bond acceptors (Lipinski definition) is 8. The summed E-state index contributed by atoms with van der Waals surface area (Å²) in [5, 5.41) is 13.0. The van der Waals surface area contributed by atoms with Gasteiger partial charge in [-0.05, 0) is 57.3 Å². The Hall–Kier alpha value is -4.23. The molecule has 52 heavy (non-hydrogen) atoms. The first kappa shape index (κ1) is 36.1. The number of aliphatic carboxylic acids is 1. The van der Waals surface area contributed by atoms with Gasteiger partial charge in [-0.1, -0.05) is 54.4 Å². The van der Waals surface area contributed by atoms with Gasteiger partial charge in [0, 0.05) is 49.9 Å². The van der Waals surface area contributed by atoms with E-state index in [4.69, 9.17) is 37.6 Å². The Kier molecular flexibility index (Phi) is 10.4. The number of fused-ring (bicyclic) bond motifs is 2. The second-order valence-corrected chi connectivity index (χ2v) is 14.9. The van der Waals surface area contributed by atoms with Crippen molar-refractivity contribution in [2.75, 3.05) is 38.5 Å². The minimum absolute atomic E-state index is 0.0274. The maximum atomic E-state index is 13.7. The summed E-state index contributed by atoms with van der Waals surface area (Å²) < 4.78 is 7.99. The lowest BCUT2D eigenvalue weighted by molar-refractivity contribution is -0.143. The maximum Gasteiger partial charge on any atom is 0.306 e. The fourth-order valence-electron chi connectivity index (χ4n) is 7.59. The summed E-state index contributed by atoms with van der Waals surface area (Å²) in [5.41, 5.74) is 4.97. The molecule has 0 unspecified atom stereocenters. The molecule has 2 aliphatic heterocycles. The molecule has 7 rings (SSSR count). The van der Waals surface area contributed by atoms with Gasteiger partial charge in [-0.2, -0.15) is 0 Å². The minimum atomic E-state index is -0.684. The van der Waals surface area contributed by atoms with Crippen LogP contribution in [0, 0.1) is 11.8 Å². The average Bonchev–Trinajstić information content (AvgIpc) is 3.81. The number of anilines is 1. The number of imidazole rings is 1. The number of carbonyl (C=O) groups excluding carboxylic acids is 2. The Bertz CT molecular complexity index is 1990. The lowest BCUT2D eigenvalue weighted by atomic mass is 9.81. The van der Waals surface area contributed by atoms with Crippen LogP contribution in [0.2, 0.25) is 10.0 Å². The Morgan fingerprint density at radius 2 is 1.67 bits per heavy atom. The lowest BCUT2D eigenvalue weighted by Gasteiger charge is -2.33. The normalized spacial score (nSPS) is 18.8. The van der Waals surface area contributed by atoms with Gasteiger partial charge in [0.1, 0.15) is 11.5 Å². The summed E-state index contributed by atoms with van der Waals surface area (Å²) in [7, 11) is 3.78. The molecular weight excluding hydrogens is 705 g/mol. The lowest BCUT2D eigenvalue weighted by Crippen LogP contribution is -2.36. The molecule has 0 bridgehead atoms. The topological polar surface area (TPSA) is 137 Å². The first-order valence-corrected chi connectivity index (χ1v) is 18.6. The van der Waals surface area contributed by atoms with Gasteiger partial charge in [-0.3, -0.25) is 24.2 Å². The molecule has 14 heteroatoms. The van der Waals surface area contributed by atoms with Crippen molar-refractivity contribution in [3.05, 3.63) is 75.1 Å². The van der Waals surface area contributed by atoms with Crippen molar-refractivity contribution >= 4 is 46.7 Å². The van der Waals surface area contributed by atoms with E-state index in [9.17, 15) is 19.5 Å². The smallest absolute Gasteiger partial charge is 0.306 e. The predicted octanol–water partition coefficient (Wildman–Crippen LogP) is 6.34. The molecule has 1 fully saturated rings. The van der Waals surface area contributed by atoms with Crippen LogP contribution >= 0.6 is 23.2 Å². The number of carboxylic acid groups (broad SMARTS) is 1. The molecule has 1 aliphatic carbocycles. The highest BCUT2D eigenvalue weighted by atomic mass is 35.5. The third-order valence-corrected chi connectivity index (χ3v) is 11.6. The van der Waals surface area contributed by atoms with Gasteiger partial charge in [-0.25, -0.2) is 9.97 Å². The van der Waals surface area contributed by atoms with E-state index in [1.807, 2.05) is 60.8 Å². The van der Waals surface area contributed by atoms with E-state index in [0.29, 0.717) is 82.0 Å². The first-order chi connectivity index (χ1) is 25.0. The summed E-state index contributed by atoms with van der Waals surface area (Å²) in [6.45, 7) is 6.30. The number of benzene rings is 2. The van der Waals surface area contributed by atoms with E-state index in [1.54, 1.807) is 11.0 Å². The van der Waals surface area contributed by atoms with E-state index in [1.165, 1.54) is 0 Å². The van der Waals surface area contributed by atoms with Crippen molar-refractivity contribution in [2.45, 2.75) is 58.7 Å². The summed E-state index contributed by atoms with van der Waals surface area (Å²) >= 11 is 14.0. The molecule has 0 radical (unpaired) electrons. The van der Waals surface area contributed by atoms with Crippen molar-refractivity contribution < 1.29 is 23.9 Å². The van der Waals surface area contributed by atoms with Gasteiger partial charge in [-0.15, -0.1) is 0 Å². The minimum Gasteiger partial charge on any atom is -0.481 e. The number of rotatable bonds is 10. The van der Waals surface area contributed by atoms with Crippen LogP contribution in [0.15, 0.2) is 40.8 Å². The van der Waals surface area contributed by atoms with Crippen molar-refractivity contribution in [3.8, 4) is 22.6 Å². The van der Waals surface area contributed by atoms with Gasteiger partial charge in [0.05, 0.1) is 52.5 Å². The molecule has 3 aliphatic rings.